The summed E-state index contributed by atoms with van der Waals surface area (Å²) in [6.45, 7) is 8.25. The Balaban J connectivity index is 0.000000554. The van der Waals surface area contributed by atoms with Crippen molar-refractivity contribution >= 4 is 34.0 Å². The van der Waals surface area contributed by atoms with Crippen LogP contribution in [0.5, 0.6) is 0 Å². The van der Waals surface area contributed by atoms with Gasteiger partial charge in [0, 0.05) is 11.2 Å². The van der Waals surface area contributed by atoms with Crippen molar-refractivity contribution in [3.8, 4) is 11.1 Å². The molecule has 0 bridgehead atoms. The summed E-state index contributed by atoms with van der Waals surface area (Å²) < 4.78 is 10.4. The molecule has 0 saturated carbocycles. The van der Waals surface area contributed by atoms with E-state index in [1.54, 1.807) is 6.08 Å². The summed E-state index contributed by atoms with van der Waals surface area (Å²) >= 11 is 3.13. The smallest absolute Gasteiger partial charge is 0.407 e. The number of amides is 1. The molecule has 0 spiro atoms. The number of hydrogen-bond acceptors (Lipinski definition) is 6. The van der Waals surface area contributed by atoms with Crippen molar-refractivity contribution in [3.05, 3.63) is 85.0 Å². The number of fused-ring (bicyclic) bond motifs is 3. The van der Waals surface area contributed by atoms with E-state index in [0.29, 0.717) is 0 Å². The summed E-state index contributed by atoms with van der Waals surface area (Å²) in [5.74, 6) is -2.85. The zero-order valence-corrected chi connectivity index (χ0v) is 22.8. The quantitative estimate of drug-likeness (QED) is 0.170. The van der Waals surface area contributed by atoms with Crippen molar-refractivity contribution in [3.63, 3.8) is 0 Å². The van der Waals surface area contributed by atoms with Crippen LogP contribution < -0.4 is 5.32 Å². The Kier molecular flexibility index (Phi) is 15.3. The van der Waals surface area contributed by atoms with Crippen molar-refractivity contribution in [2.24, 2.45) is 5.92 Å². The lowest BCUT2D eigenvalue weighted by atomic mass is 9.98. The Hall–Kier alpha value is -3.47. The van der Waals surface area contributed by atoms with Crippen LogP contribution in [0.15, 0.2) is 73.8 Å². The normalized spacial score (nSPS) is 12.6. The van der Waals surface area contributed by atoms with Gasteiger partial charge in [-0.2, -0.15) is 0 Å². The predicted octanol–water partition coefficient (Wildman–Crippen LogP) is 4.45. The molecule has 2 aromatic rings. The van der Waals surface area contributed by atoms with Crippen LogP contribution in [0.25, 0.3) is 11.1 Å². The molecule has 38 heavy (non-hydrogen) atoms. The highest BCUT2D eigenvalue weighted by Crippen LogP contribution is 2.44. The Morgan fingerprint density at radius 1 is 1.00 bits per heavy atom. The number of carboxylic acid groups (broad SMARTS) is 2. The van der Waals surface area contributed by atoms with Gasteiger partial charge in [-0.3, -0.25) is 4.79 Å². The molecular weight excluding hydrogens is 558 g/mol. The summed E-state index contributed by atoms with van der Waals surface area (Å²) in [6, 6.07) is 14.8. The van der Waals surface area contributed by atoms with Gasteiger partial charge in [-0.25, -0.2) is 9.59 Å². The van der Waals surface area contributed by atoms with Crippen LogP contribution in [-0.2, 0) is 19.1 Å². The van der Waals surface area contributed by atoms with E-state index in [2.05, 4.69) is 34.4 Å². The summed E-state index contributed by atoms with van der Waals surface area (Å²) in [5, 5.41) is 28.6. The molecule has 2 aromatic carbocycles. The number of carboxylic acids is 2. The lowest BCUT2D eigenvalue weighted by Gasteiger charge is -2.17. The van der Waals surface area contributed by atoms with Crippen LogP contribution in [-0.4, -0.2) is 71.2 Å². The number of nitrogens with one attached hydrogen (secondary N) is 1. The minimum atomic E-state index is -1.19. The molecule has 0 aromatic heterocycles. The molecule has 0 radical (unpaired) electrons. The number of aliphatic carboxylic acids is 2. The van der Waals surface area contributed by atoms with Gasteiger partial charge < -0.3 is 30.1 Å². The van der Waals surface area contributed by atoms with Gasteiger partial charge in [0.15, 0.2) is 6.04 Å². The number of alkyl carbamates (subject to hydrolysis) is 1. The van der Waals surface area contributed by atoms with Gasteiger partial charge in [0.2, 0.25) is 0 Å². The van der Waals surface area contributed by atoms with E-state index >= 15 is 0 Å². The van der Waals surface area contributed by atoms with E-state index in [0.717, 1.165) is 27.6 Å². The fraction of sp³-hybridized carbons (Fsp3) is 0.321. The van der Waals surface area contributed by atoms with Gasteiger partial charge in [0.05, 0.1) is 25.7 Å². The van der Waals surface area contributed by atoms with E-state index in [9.17, 15) is 19.5 Å². The lowest BCUT2D eigenvalue weighted by Crippen LogP contribution is -2.44. The minimum Gasteiger partial charge on any atom is -0.481 e. The number of carbonyl (C=O) groups excluding carboxylic acids is 1. The third-order valence-electron chi connectivity index (χ3n) is 5.26. The Morgan fingerprint density at radius 3 is 1.92 bits per heavy atom. The maximum atomic E-state index is 12.1. The van der Waals surface area contributed by atoms with E-state index in [1.165, 1.54) is 13.0 Å². The molecule has 10 heteroatoms. The minimum absolute atomic E-state index is 0.0801. The Morgan fingerprint density at radius 2 is 1.53 bits per heavy atom. The molecular formula is C28H34BrNO8. The van der Waals surface area contributed by atoms with Gasteiger partial charge in [-0.15, -0.1) is 13.2 Å². The first-order chi connectivity index (χ1) is 18.2. The van der Waals surface area contributed by atoms with Crippen LogP contribution in [0.2, 0.25) is 0 Å². The Labute approximate surface area is 230 Å². The third kappa shape index (κ3) is 10.5. The van der Waals surface area contributed by atoms with Crippen LogP contribution in [0.1, 0.15) is 24.0 Å². The van der Waals surface area contributed by atoms with Crippen molar-refractivity contribution in [2.45, 2.75) is 18.9 Å². The summed E-state index contributed by atoms with van der Waals surface area (Å²) in [5.41, 5.74) is 4.44. The molecule has 3 rings (SSSR count). The second kappa shape index (κ2) is 17.9. The topological polar surface area (TPSA) is 142 Å². The fourth-order valence-electron chi connectivity index (χ4n) is 3.30. The summed E-state index contributed by atoms with van der Waals surface area (Å²) in [6.07, 6.45) is 2.51. The van der Waals surface area contributed by atoms with Gasteiger partial charge in [0.25, 0.3) is 0 Å². The number of aliphatic hydroxyl groups excluding tert-OH is 1. The van der Waals surface area contributed by atoms with E-state index in [1.807, 2.05) is 48.5 Å². The number of alkyl halides is 1. The number of allylic oxidation sites excluding steroid dienone is 1. The van der Waals surface area contributed by atoms with Gasteiger partial charge in [-0.1, -0.05) is 76.6 Å². The molecule has 0 saturated heterocycles. The van der Waals surface area contributed by atoms with Crippen molar-refractivity contribution < 1.29 is 39.2 Å². The monoisotopic (exact) mass is 591 g/mol. The molecule has 0 unspecified atom stereocenters. The standard InChI is InChI=1S/C21H21NO5.C4H8O3.C3H5Br/c1-2-11-26-13-19(20(23)24)22-21(25)27-12-18-16-9-5-3-7-14(16)15-8-4-6-10-17(15)18;1-3(2-5)4(6)7;1-2-3-4/h2-10,18-19H,1,11-13H2,(H,22,25)(H,23,24);3,5H,2H2,1H3,(H,6,7);2H,1,3H2/t19-;3-;/m00./s1. The molecule has 9 nitrogen and oxygen atoms in total. The first-order valence-corrected chi connectivity index (χ1v) is 12.9. The zero-order valence-electron chi connectivity index (χ0n) is 21.2. The van der Waals surface area contributed by atoms with Gasteiger partial charge in [0.1, 0.15) is 6.61 Å². The van der Waals surface area contributed by atoms with E-state index in [4.69, 9.17) is 19.7 Å². The number of aliphatic hydroxyl groups is 1. The molecule has 2 atom stereocenters. The first kappa shape index (κ1) is 32.6. The highest BCUT2D eigenvalue weighted by Gasteiger charge is 2.29. The zero-order chi connectivity index (χ0) is 28.5. The number of hydrogen-bond donors (Lipinski definition) is 4. The molecule has 0 heterocycles. The fourth-order valence-corrected chi connectivity index (χ4v) is 3.30. The summed E-state index contributed by atoms with van der Waals surface area (Å²) in [4.78, 5) is 33.1. The molecule has 1 aliphatic rings. The predicted molar refractivity (Wildman–Crippen MR) is 149 cm³/mol. The highest BCUT2D eigenvalue weighted by atomic mass is 79.9. The number of halogens is 1. The van der Waals surface area contributed by atoms with Crippen molar-refractivity contribution in [1.82, 2.24) is 5.32 Å². The van der Waals surface area contributed by atoms with Crippen molar-refractivity contribution in [1.29, 1.82) is 0 Å². The largest absolute Gasteiger partial charge is 0.481 e. The molecule has 1 amide bonds. The maximum absolute atomic E-state index is 12.1. The summed E-state index contributed by atoms with van der Waals surface area (Å²) in [7, 11) is 0. The highest BCUT2D eigenvalue weighted by molar-refractivity contribution is 9.09. The molecule has 4 N–H and O–H groups in total. The molecule has 0 aliphatic heterocycles. The number of carbonyl (C=O) groups is 3. The van der Waals surface area contributed by atoms with Gasteiger partial charge >= 0.3 is 18.0 Å². The number of rotatable bonds is 11. The third-order valence-corrected chi connectivity index (χ3v) is 5.72. The SMILES string of the molecule is C=CCBr.C=CCOC[C@H](NC(=O)OCC1c2ccccc2-c2ccccc21)C(=O)O.C[C@@H](CO)C(=O)O. The van der Waals surface area contributed by atoms with Gasteiger partial charge in [-0.05, 0) is 29.2 Å². The first-order valence-electron chi connectivity index (χ1n) is 11.7. The van der Waals surface area contributed by atoms with Crippen LogP contribution in [0.3, 0.4) is 0 Å². The molecule has 1 aliphatic carbocycles. The van der Waals surface area contributed by atoms with Crippen molar-refractivity contribution in [2.75, 3.05) is 31.8 Å². The lowest BCUT2D eigenvalue weighted by molar-refractivity contribution is -0.142. The molecule has 206 valence electrons. The second-order valence-electron chi connectivity index (χ2n) is 8.05. The average molecular weight is 592 g/mol. The number of benzene rings is 2. The average Bonchev–Trinajstić information content (AvgIpc) is 3.25. The van der Waals surface area contributed by atoms with E-state index in [-0.39, 0.29) is 32.3 Å². The van der Waals surface area contributed by atoms with Crippen LogP contribution in [0.4, 0.5) is 4.79 Å². The molecule has 0 fully saturated rings. The number of ether oxygens (including phenoxy) is 2. The second-order valence-corrected chi connectivity index (χ2v) is 8.70. The van der Waals surface area contributed by atoms with E-state index < -0.39 is 30.0 Å². The van der Waals surface area contributed by atoms with Crippen LogP contribution >= 0.6 is 15.9 Å². The maximum Gasteiger partial charge on any atom is 0.407 e. The van der Waals surface area contributed by atoms with Crippen LogP contribution in [0, 0.1) is 5.92 Å². The Bertz CT molecular complexity index is 1030.